The van der Waals surface area contributed by atoms with Gasteiger partial charge < -0.3 is 24.8 Å². The highest BCUT2D eigenvalue weighted by Gasteiger charge is 2.27. The molecule has 0 aliphatic heterocycles. The Morgan fingerprint density at radius 1 is 1.00 bits per heavy atom. The lowest BCUT2D eigenvalue weighted by Crippen LogP contribution is -2.46. The molecule has 2 N–H and O–H groups in total. The highest BCUT2D eigenvalue weighted by Crippen LogP contribution is 2.32. The second kappa shape index (κ2) is 11.8. The summed E-state index contributed by atoms with van der Waals surface area (Å²) < 4.78 is 15.5. The fourth-order valence-electron chi connectivity index (χ4n) is 2.83. The van der Waals surface area contributed by atoms with Crippen molar-refractivity contribution in [3.05, 3.63) is 51.5 Å². The lowest BCUT2D eigenvalue weighted by molar-refractivity contribution is -0.150. The molecule has 0 radical (unpaired) electrons. The average Bonchev–Trinajstić information content (AvgIpc) is 2.80. The van der Waals surface area contributed by atoms with Crippen molar-refractivity contribution in [2.45, 2.75) is 26.8 Å². The third-order valence-electron chi connectivity index (χ3n) is 4.71. The van der Waals surface area contributed by atoms with Crippen molar-refractivity contribution >= 4 is 46.7 Å². The molecule has 0 aromatic heterocycles. The molecule has 2 aromatic rings. The minimum atomic E-state index is -0.992. The predicted octanol–water partition coefficient (Wildman–Crippen LogP) is 4.26. The minimum absolute atomic E-state index is 0.236. The Labute approximate surface area is 202 Å². The standard InChI is InChI=1S/C23H26Cl2N2O6/c1-12(2)20(27-22(29)14-8-15(31-4)10-16(9-14)32-5)23(30)33-11-18(28)26-21-17(24)7-6-13(3)19(21)25/h6-10,12,20H,11H2,1-5H3,(H,26,28)(H,27,29). The van der Waals surface area contributed by atoms with Crippen molar-refractivity contribution in [1.82, 2.24) is 5.32 Å². The number of nitrogens with one attached hydrogen (secondary N) is 2. The maximum Gasteiger partial charge on any atom is 0.329 e. The van der Waals surface area contributed by atoms with Gasteiger partial charge in [-0.3, -0.25) is 9.59 Å². The summed E-state index contributed by atoms with van der Waals surface area (Å²) in [4.78, 5) is 37.7. The van der Waals surface area contributed by atoms with E-state index in [1.165, 1.54) is 26.4 Å². The van der Waals surface area contributed by atoms with Gasteiger partial charge in [-0.2, -0.15) is 0 Å². The molecule has 2 rings (SSSR count). The van der Waals surface area contributed by atoms with Crippen molar-refractivity contribution in [1.29, 1.82) is 0 Å². The lowest BCUT2D eigenvalue weighted by Gasteiger charge is -2.21. The maximum absolute atomic E-state index is 12.7. The molecule has 0 heterocycles. The number of amides is 2. The van der Waals surface area contributed by atoms with Gasteiger partial charge >= 0.3 is 5.97 Å². The Balaban J connectivity index is 2.05. The second-order valence-corrected chi connectivity index (χ2v) is 8.29. The van der Waals surface area contributed by atoms with E-state index in [0.717, 1.165) is 5.56 Å². The summed E-state index contributed by atoms with van der Waals surface area (Å²) in [5.74, 6) is -1.36. The van der Waals surface area contributed by atoms with E-state index in [0.29, 0.717) is 16.5 Å². The number of rotatable bonds is 9. The first kappa shape index (κ1) is 26.3. The number of esters is 1. The van der Waals surface area contributed by atoms with Gasteiger partial charge in [0.25, 0.3) is 11.8 Å². The van der Waals surface area contributed by atoms with Crippen LogP contribution in [0.4, 0.5) is 5.69 Å². The molecule has 8 nitrogen and oxygen atoms in total. The predicted molar refractivity (Wildman–Crippen MR) is 126 cm³/mol. The fourth-order valence-corrected chi connectivity index (χ4v) is 3.30. The van der Waals surface area contributed by atoms with E-state index < -0.39 is 30.4 Å². The van der Waals surface area contributed by atoms with Crippen LogP contribution in [0.15, 0.2) is 30.3 Å². The molecule has 178 valence electrons. The highest BCUT2D eigenvalue weighted by molar-refractivity contribution is 6.40. The van der Waals surface area contributed by atoms with E-state index in [1.807, 2.05) is 0 Å². The zero-order valence-electron chi connectivity index (χ0n) is 19.0. The third-order valence-corrected chi connectivity index (χ3v) is 5.52. The Morgan fingerprint density at radius 3 is 2.15 bits per heavy atom. The number of aryl methyl sites for hydroxylation is 1. The maximum atomic E-state index is 12.7. The molecule has 0 aliphatic rings. The Kier molecular flexibility index (Phi) is 9.37. The van der Waals surface area contributed by atoms with Crippen molar-refractivity contribution < 1.29 is 28.6 Å². The summed E-state index contributed by atoms with van der Waals surface area (Å²) in [7, 11) is 2.93. The van der Waals surface area contributed by atoms with E-state index in [2.05, 4.69) is 10.6 Å². The van der Waals surface area contributed by atoms with Crippen molar-refractivity contribution in [2.24, 2.45) is 5.92 Å². The monoisotopic (exact) mass is 496 g/mol. The topological polar surface area (TPSA) is 103 Å². The normalized spacial score (nSPS) is 11.5. The molecule has 2 aromatic carbocycles. The largest absolute Gasteiger partial charge is 0.497 e. The minimum Gasteiger partial charge on any atom is -0.497 e. The fraction of sp³-hybridized carbons (Fsp3) is 0.348. The van der Waals surface area contributed by atoms with E-state index in [1.54, 1.807) is 39.0 Å². The van der Waals surface area contributed by atoms with Crippen LogP contribution in [0, 0.1) is 12.8 Å². The van der Waals surface area contributed by atoms with Crippen molar-refractivity contribution in [3.63, 3.8) is 0 Å². The highest BCUT2D eigenvalue weighted by atomic mass is 35.5. The van der Waals surface area contributed by atoms with Crippen LogP contribution in [0.25, 0.3) is 0 Å². The Hall–Kier alpha value is -2.97. The van der Waals surface area contributed by atoms with Gasteiger partial charge in [0.05, 0.1) is 30.0 Å². The number of methoxy groups -OCH3 is 2. The van der Waals surface area contributed by atoms with Crippen LogP contribution in [-0.2, 0) is 14.3 Å². The summed E-state index contributed by atoms with van der Waals surface area (Å²) in [5.41, 5.74) is 1.20. The average molecular weight is 497 g/mol. The van der Waals surface area contributed by atoms with Crippen LogP contribution < -0.4 is 20.1 Å². The van der Waals surface area contributed by atoms with E-state index in [9.17, 15) is 14.4 Å². The van der Waals surface area contributed by atoms with Crippen LogP contribution in [0.3, 0.4) is 0 Å². The lowest BCUT2D eigenvalue weighted by atomic mass is 10.0. The van der Waals surface area contributed by atoms with Gasteiger partial charge in [0.2, 0.25) is 0 Å². The van der Waals surface area contributed by atoms with Crippen LogP contribution in [0.1, 0.15) is 29.8 Å². The Morgan fingerprint density at radius 2 is 1.61 bits per heavy atom. The molecule has 33 heavy (non-hydrogen) atoms. The van der Waals surface area contributed by atoms with E-state index >= 15 is 0 Å². The molecular weight excluding hydrogens is 471 g/mol. The molecule has 1 atom stereocenters. The molecule has 2 amide bonds. The summed E-state index contributed by atoms with van der Waals surface area (Å²) >= 11 is 12.3. The van der Waals surface area contributed by atoms with E-state index in [-0.39, 0.29) is 22.2 Å². The molecule has 0 spiro atoms. The molecule has 0 fully saturated rings. The zero-order chi connectivity index (χ0) is 24.7. The summed E-state index contributed by atoms with van der Waals surface area (Å²) in [6.45, 7) is 4.67. The molecule has 10 heteroatoms. The van der Waals surface area contributed by atoms with Crippen LogP contribution in [0.5, 0.6) is 11.5 Å². The number of ether oxygens (including phenoxy) is 3. The van der Waals surface area contributed by atoms with Gasteiger partial charge in [-0.15, -0.1) is 0 Å². The SMILES string of the molecule is COc1cc(OC)cc(C(=O)NC(C(=O)OCC(=O)Nc2c(Cl)ccc(C)c2Cl)C(C)C)c1. The van der Waals surface area contributed by atoms with Gasteiger partial charge in [-0.1, -0.05) is 43.1 Å². The van der Waals surface area contributed by atoms with Crippen LogP contribution in [-0.4, -0.2) is 44.7 Å². The van der Waals surface area contributed by atoms with Crippen LogP contribution in [0.2, 0.25) is 10.0 Å². The summed E-state index contributed by atoms with van der Waals surface area (Å²) in [6, 6.07) is 6.98. The zero-order valence-corrected chi connectivity index (χ0v) is 20.5. The first-order valence-corrected chi connectivity index (χ1v) is 10.8. The van der Waals surface area contributed by atoms with Crippen molar-refractivity contribution in [2.75, 3.05) is 26.1 Å². The number of benzene rings is 2. The molecule has 0 aliphatic carbocycles. The summed E-state index contributed by atoms with van der Waals surface area (Å²) in [5, 5.41) is 5.73. The Bertz CT molecular complexity index is 1020. The number of anilines is 1. The van der Waals surface area contributed by atoms with Gasteiger partial charge in [0, 0.05) is 11.6 Å². The number of hydrogen-bond donors (Lipinski definition) is 2. The second-order valence-electron chi connectivity index (χ2n) is 7.51. The number of halogens is 2. The smallest absolute Gasteiger partial charge is 0.329 e. The summed E-state index contributed by atoms with van der Waals surface area (Å²) in [6.07, 6.45) is 0. The quantitative estimate of drug-likeness (QED) is 0.502. The van der Waals surface area contributed by atoms with Gasteiger partial charge in [-0.25, -0.2) is 4.79 Å². The molecular formula is C23H26Cl2N2O6. The first-order valence-electron chi connectivity index (χ1n) is 10.0. The molecule has 0 saturated carbocycles. The third kappa shape index (κ3) is 7.00. The number of carbonyl (C=O) groups excluding carboxylic acids is 3. The van der Waals surface area contributed by atoms with Crippen molar-refractivity contribution in [3.8, 4) is 11.5 Å². The van der Waals surface area contributed by atoms with Crippen LogP contribution >= 0.6 is 23.2 Å². The van der Waals surface area contributed by atoms with E-state index in [4.69, 9.17) is 37.4 Å². The van der Waals surface area contributed by atoms with Gasteiger partial charge in [0.1, 0.15) is 17.5 Å². The molecule has 0 saturated heterocycles. The number of hydrogen-bond acceptors (Lipinski definition) is 6. The molecule has 0 bridgehead atoms. The molecule has 1 unspecified atom stereocenters. The first-order chi connectivity index (χ1) is 15.6. The van der Waals surface area contributed by atoms with Gasteiger partial charge in [-0.05, 0) is 36.6 Å². The number of carbonyl (C=O) groups is 3. The van der Waals surface area contributed by atoms with Gasteiger partial charge in [0.15, 0.2) is 6.61 Å².